The summed E-state index contributed by atoms with van der Waals surface area (Å²) >= 11 is 5.60. The summed E-state index contributed by atoms with van der Waals surface area (Å²) in [4.78, 5) is 21.1. The minimum Gasteiger partial charge on any atom is -0.508 e. The Morgan fingerprint density at radius 2 is 2.28 bits per heavy atom. The molecule has 18 heavy (non-hydrogen) atoms. The number of nitro groups is 1. The Balaban J connectivity index is 3.06. The van der Waals surface area contributed by atoms with Crippen molar-refractivity contribution in [3.63, 3.8) is 0 Å². The number of benzene rings is 1. The number of aromatic hydroxyl groups is 1. The molecule has 0 fully saturated rings. The van der Waals surface area contributed by atoms with E-state index in [0.29, 0.717) is 0 Å². The van der Waals surface area contributed by atoms with Gasteiger partial charge in [0.25, 0.3) is 5.69 Å². The third-order valence-corrected chi connectivity index (χ3v) is 2.59. The number of carbonyl (C=O) groups excluding carboxylic acids is 1. The van der Waals surface area contributed by atoms with Gasteiger partial charge in [0, 0.05) is 24.1 Å². The average molecular weight is 275 g/mol. The first-order chi connectivity index (χ1) is 8.36. The Bertz CT molecular complexity index is 491. The fraction of sp³-hybridized carbons (Fsp3) is 0.300. The van der Waals surface area contributed by atoms with Gasteiger partial charge in [0.1, 0.15) is 16.8 Å². The number of nitro benzene ring substituents is 1. The zero-order chi connectivity index (χ0) is 13.9. The van der Waals surface area contributed by atoms with Crippen molar-refractivity contribution in [1.29, 1.82) is 0 Å². The number of ether oxygens (including phenoxy) is 1. The van der Waals surface area contributed by atoms with Crippen molar-refractivity contribution >= 4 is 23.3 Å². The van der Waals surface area contributed by atoms with Crippen LogP contribution in [-0.4, -0.2) is 29.2 Å². The molecule has 0 aliphatic carbocycles. The molecule has 0 saturated carbocycles. The molecule has 0 aliphatic rings. The van der Waals surface area contributed by atoms with Gasteiger partial charge in [-0.2, -0.15) is 0 Å². The van der Waals surface area contributed by atoms with Crippen LogP contribution in [-0.2, 0) is 16.0 Å². The summed E-state index contributed by atoms with van der Waals surface area (Å²) in [5.74, 6) is -0.933. The van der Waals surface area contributed by atoms with E-state index in [1.165, 1.54) is 7.11 Å². The lowest BCUT2D eigenvalue weighted by Crippen LogP contribution is -2.33. The van der Waals surface area contributed by atoms with Crippen LogP contribution in [0.3, 0.4) is 0 Å². The second-order valence-electron chi connectivity index (χ2n) is 3.52. The van der Waals surface area contributed by atoms with E-state index >= 15 is 0 Å². The number of carbonyl (C=O) groups is 1. The van der Waals surface area contributed by atoms with Gasteiger partial charge in [-0.25, -0.2) is 0 Å². The van der Waals surface area contributed by atoms with Crippen LogP contribution in [0.1, 0.15) is 5.56 Å². The monoisotopic (exact) mass is 274 g/mol. The quantitative estimate of drug-likeness (QED) is 0.481. The molecule has 1 unspecified atom stereocenters. The van der Waals surface area contributed by atoms with Crippen LogP contribution in [0.5, 0.6) is 5.75 Å². The van der Waals surface area contributed by atoms with E-state index < -0.39 is 16.9 Å². The third kappa shape index (κ3) is 3.08. The summed E-state index contributed by atoms with van der Waals surface area (Å²) in [6.07, 6.45) is -0.0868. The Hall–Kier alpha value is -1.86. The molecule has 1 aromatic rings. The van der Waals surface area contributed by atoms with Gasteiger partial charge in [0.15, 0.2) is 0 Å². The largest absolute Gasteiger partial charge is 0.508 e. The maximum atomic E-state index is 11.1. The summed E-state index contributed by atoms with van der Waals surface area (Å²) in [5, 5.41) is 20.1. The predicted molar refractivity (Wildman–Crippen MR) is 63.5 cm³/mol. The van der Waals surface area contributed by atoms with Crippen LogP contribution in [0.4, 0.5) is 5.69 Å². The molecule has 7 nitrogen and oxygen atoms in total. The van der Waals surface area contributed by atoms with Gasteiger partial charge < -0.3 is 15.6 Å². The average Bonchev–Trinajstić information content (AvgIpc) is 2.30. The molecular weight excluding hydrogens is 264 g/mol. The van der Waals surface area contributed by atoms with Gasteiger partial charge in [-0.05, 0) is 0 Å². The van der Waals surface area contributed by atoms with Gasteiger partial charge >= 0.3 is 5.97 Å². The molecule has 0 saturated heterocycles. The number of phenolic OH excluding ortho intramolecular Hbond substituents is 1. The van der Waals surface area contributed by atoms with Crippen LogP contribution in [0, 0.1) is 10.1 Å². The number of phenols is 1. The summed E-state index contributed by atoms with van der Waals surface area (Å²) in [6.45, 7) is 0. The molecule has 1 aromatic carbocycles. The van der Waals surface area contributed by atoms with Crippen molar-refractivity contribution in [2.75, 3.05) is 7.11 Å². The highest BCUT2D eigenvalue weighted by atomic mass is 35.5. The molecule has 0 heterocycles. The third-order valence-electron chi connectivity index (χ3n) is 2.29. The molecule has 98 valence electrons. The molecule has 0 aromatic heterocycles. The Kier molecular flexibility index (Phi) is 4.46. The molecule has 1 rings (SSSR count). The number of halogens is 1. The number of hydrogen-bond donors (Lipinski definition) is 2. The molecule has 1 atom stereocenters. The molecule has 0 spiro atoms. The fourth-order valence-corrected chi connectivity index (χ4v) is 1.60. The highest BCUT2D eigenvalue weighted by Gasteiger charge is 2.21. The lowest BCUT2D eigenvalue weighted by molar-refractivity contribution is -0.384. The molecular formula is C10H11ClN2O5. The first kappa shape index (κ1) is 14.2. The fourth-order valence-electron chi connectivity index (χ4n) is 1.37. The van der Waals surface area contributed by atoms with Crippen molar-refractivity contribution < 1.29 is 19.6 Å². The first-order valence-corrected chi connectivity index (χ1v) is 5.23. The van der Waals surface area contributed by atoms with Gasteiger partial charge in [-0.3, -0.25) is 14.9 Å². The SMILES string of the molecule is COC(=O)C(N)Cc1cc([N+](=O)[O-])c(Cl)cc1O. The summed E-state index contributed by atoms with van der Waals surface area (Å²) in [7, 11) is 1.17. The van der Waals surface area contributed by atoms with E-state index in [9.17, 15) is 20.0 Å². The molecule has 0 radical (unpaired) electrons. The Labute approximate surface area is 107 Å². The number of nitrogens with zero attached hydrogens (tertiary/aromatic N) is 1. The minimum atomic E-state index is -1.01. The lowest BCUT2D eigenvalue weighted by Gasteiger charge is -2.10. The number of nitrogens with two attached hydrogens (primary N) is 1. The van der Waals surface area contributed by atoms with Crippen molar-refractivity contribution in [2.45, 2.75) is 12.5 Å². The van der Waals surface area contributed by atoms with Gasteiger partial charge in [0.2, 0.25) is 0 Å². The van der Waals surface area contributed by atoms with Crippen LogP contribution in [0.25, 0.3) is 0 Å². The molecule has 0 amide bonds. The normalized spacial score (nSPS) is 11.9. The van der Waals surface area contributed by atoms with E-state index in [1.54, 1.807) is 0 Å². The number of methoxy groups -OCH3 is 1. The van der Waals surface area contributed by atoms with E-state index in [1.807, 2.05) is 0 Å². The van der Waals surface area contributed by atoms with Crippen molar-refractivity contribution in [1.82, 2.24) is 0 Å². The van der Waals surface area contributed by atoms with Crippen molar-refractivity contribution in [3.05, 3.63) is 32.8 Å². The van der Waals surface area contributed by atoms with E-state index in [4.69, 9.17) is 17.3 Å². The smallest absolute Gasteiger partial charge is 0.322 e. The topological polar surface area (TPSA) is 116 Å². The van der Waals surface area contributed by atoms with Crippen molar-refractivity contribution in [2.24, 2.45) is 5.73 Å². The maximum absolute atomic E-state index is 11.1. The van der Waals surface area contributed by atoms with Gasteiger partial charge in [0.05, 0.1) is 12.0 Å². The number of rotatable bonds is 4. The molecule has 0 bridgehead atoms. The zero-order valence-corrected chi connectivity index (χ0v) is 10.2. The molecule has 0 aliphatic heterocycles. The van der Waals surface area contributed by atoms with Gasteiger partial charge in [-0.15, -0.1) is 0 Å². The molecule has 8 heteroatoms. The van der Waals surface area contributed by atoms with Crippen LogP contribution >= 0.6 is 11.6 Å². The maximum Gasteiger partial charge on any atom is 0.322 e. The Morgan fingerprint density at radius 3 is 2.78 bits per heavy atom. The zero-order valence-electron chi connectivity index (χ0n) is 9.42. The lowest BCUT2D eigenvalue weighted by atomic mass is 10.0. The summed E-state index contributed by atoms with van der Waals surface area (Å²) in [5.41, 5.74) is 5.30. The van der Waals surface area contributed by atoms with Gasteiger partial charge in [-0.1, -0.05) is 11.6 Å². The number of hydrogen-bond acceptors (Lipinski definition) is 6. The summed E-state index contributed by atoms with van der Waals surface area (Å²) in [6, 6.07) is 1.11. The Morgan fingerprint density at radius 1 is 1.67 bits per heavy atom. The van der Waals surface area contributed by atoms with Crippen LogP contribution in [0.2, 0.25) is 5.02 Å². The standard InChI is InChI=1S/C10H11ClN2O5/c1-18-10(15)7(12)2-5-3-8(13(16)17)6(11)4-9(5)14/h3-4,7,14H,2,12H2,1H3. The predicted octanol–water partition coefficient (Wildman–Crippen LogP) is 0.997. The van der Waals surface area contributed by atoms with E-state index in [0.717, 1.165) is 12.1 Å². The molecule has 3 N–H and O–H groups in total. The minimum absolute atomic E-state index is 0.0868. The number of esters is 1. The highest BCUT2D eigenvalue weighted by Crippen LogP contribution is 2.32. The van der Waals surface area contributed by atoms with Crippen LogP contribution < -0.4 is 5.73 Å². The van der Waals surface area contributed by atoms with Crippen molar-refractivity contribution in [3.8, 4) is 5.75 Å². The second-order valence-corrected chi connectivity index (χ2v) is 3.93. The van der Waals surface area contributed by atoms with Crippen LogP contribution in [0.15, 0.2) is 12.1 Å². The second kappa shape index (κ2) is 5.65. The first-order valence-electron chi connectivity index (χ1n) is 4.86. The summed E-state index contributed by atoms with van der Waals surface area (Å²) < 4.78 is 4.42. The highest BCUT2D eigenvalue weighted by molar-refractivity contribution is 6.32. The van der Waals surface area contributed by atoms with E-state index in [2.05, 4.69) is 4.74 Å². The van der Waals surface area contributed by atoms with E-state index in [-0.39, 0.29) is 28.4 Å².